The molecule has 0 saturated carbocycles. The van der Waals surface area contributed by atoms with E-state index in [2.05, 4.69) is 5.32 Å². The van der Waals surface area contributed by atoms with Crippen LogP contribution in [0.3, 0.4) is 0 Å². The van der Waals surface area contributed by atoms with Gasteiger partial charge < -0.3 is 5.32 Å². The fraction of sp³-hybridized carbons (Fsp3) is 0.714. The molecule has 1 amide bonds. The topological polar surface area (TPSA) is 46.2 Å². The van der Waals surface area contributed by atoms with Gasteiger partial charge >= 0.3 is 0 Å². The first kappa shape index (κ1) is 8.59. The van der Waals surface area contributed by atoms with Crippen LogP contribution in [0.25, 0.3) is 0 Å². The van der Waals surface area contributed by atoms with Crippen LogP contribution < -0.4 is 5.32 Å². The molecule has 1 rings (SSSR count). The van der Waals surface area contributed by atoms with Crippen molar-refractivity contribution < 1.29 is 9.59 Å². The van der Waals surface area contributed by atoms with Crippen LogP contribution in [0, 0.1) is 5.92 Å². The van der Waals surface area contributed by atoms with Crippen molar-refractivity contribution in [1.29, 1.82) is 0 Å². The van der Waals surface area contributed by atoms with E-state index in [0.29, 0.717) is 6.42 Å². The van der Waals surface area contributed by atoms with Gasteiger partial charge in [0.1, 0.15) is 5.92 Å². The molecule has 62 valence electrons. The molecule has 1 heterocycles. The summed E-state index contributed by atoms with van der Waals surface area (Å²) in [6.45, 7) is 0. The lowest BCUT2D eigenvalue weighted by Crippen LogP contribution is -2.33. The Morgan fingerprint density at radius 2 is 2.45 bits per heavy atom. The van der Waals surface area contributed by atoms with Gasteiger partial charge in [0.05, 0.1) is 0 Å². The molecule has 0 aromatic rings. The van der Waals surface area contributed by atoms with Crippen LogP contribution in [0.1, 0.15) is 12.8 Å². The molecule has 1 fully saturated rings. The molecule has 1 saturated heterocycles. The van der Waals surface area contributed by atoms with Crippen molar-refractivity contribution >= 4 is 22.8 Å². The standard InChI is InChI=1S/C7H11NO2S/c1-8-6(9)5-3-2-4-11-7(5)10/h5H,2-4H2,1H3,(H,8,9). The van der Waals surface area contributed by atoms with Gasteiger partial charge in [-0.25, -0.2) is 0 Å². The molecule has 1 aliphatic rings. The average molecular weight is 173 g/mol. The maximum absolute atomic E-state index is 11.1. The summed E-state index contributed by atoms with van der Waals surface area (Å²) >= 11 is 1.27. The third-order valence-corrected chi connectivity index (χ3v) is 2.79. The summed E-state index contributed by atoms with van der Waals surface area (Å²) in [5.74, 6) is 0.340. The monoisotopic (exact) mass is 173 g/mol. The lowest BCUT2D eigenvalue weighted by molar-refractivity contribution is -0.130. The predicted molar refractivity (Wildman–Crippen MR) is 44.3 cm³/mol. The fourth-order valence-corrected chi connectivity index (χ4v) is 2.03. The highest BCUT2D eigenvalue weighted by Gasteiger charge is 2.28. The highest BCUT2D eigenvalue weighted by atomic mass is 32.2. The van der Waals surface area contributed by atoms with Crippen molar-refractivity contribution in [3.05, 3.63) is 0 Å². The summed E-state index contributed by atoms with van der Waals surface area (Å²) in [5.41, 5.74) is 0. The third-order valence-electron chi connectivity index (χ3n) is 1.73. The van der Waals surface area contributed by atoms with Gasteiger partial charge in [-0.3, -0.25) is 9.59 Å². The van der Waals surface area contributed by atoms with Crippen molar-refractivity contribution in [2.45, 2.75) is 12.8 Å². The number of amides is 1. The van der Waals surface area contributed by atoms with Gasteiger partial charge in [-0.1, -0.05) is 11.8 Å². The maximum atomic E-state index is 11.1. The maximum Gasteiger partial charge on any atom is 0.231 e. The highest BCUT2D eigenvalue weighted by Crippen LogP contribution is 2.24. The summed E-state index contributed by atoms with van der Waals surface area (Å²) in [7, 11) is 1.56. The van der Waals surface area contributed by atoms with Crippen LogP contribution in [0.4, 0.5) is 0 Å². The SMILES string of the molecule is CNC(=O)C1CCCSC1=O. The minimum atomic E-state index is -0.390. The number of hydrogen-bond donors (Lipinski definition) is 1. The molecule has 0 bridgehead atoms. The Morgan fingerprint density at radius 3 is 3.00 bits per heavy atom. The number of hydrogen-bond acceptors (Lipinski definition) is 3. The second-order valence-electron chi connectivity index (χ2n) is 2.48. The van der Waals surface area contributed by atoms with Crippen molar-refractivity contribution in [2.75, 3.05) is 12.8 Å². The van der Waals surface area contributed by atoms with Crippen LogP contribution >= 0.6 is 11.8 Å². The Morgan fingerprint density at radius 1 is 1.73 bits per heavy atom. The van der Waals surface area contributed by atoms with Crippen LogP contribution in [-0.2, 0) is 9.59 Å². The van der Waals surface area contributed by atoms with E-state index in [1.54, 1.807) is 7.05 Å². The lowest BCUT2D eigenvalue weighted by Gasteiger charge is -2.17. The van der Waals surface area contributed by atoms with Gasteiger partial charge in [-0.2, -0.15) is 0 Å². The Bertz CT molecular complexity index is 173. The smallest absolute Gasteiger partial charge is 0.231 e. The molecular formula is C7H11NO2S. The number of nitrogens with one attached hydrogen (secondary N) is 1. The number of thioether (sulfide) groups is 1. The first-order valence-electron chi connectivity index (χ1n) is 3.64. The van der Waals surface area contributed by atoms with E-state index in [1.165, 1.54) is 11.8 Å². The Kier molecular flexibility index (Phi) is 2.93. The van der Waals surface area contributed by atoms with E-state index in [9.17, 15) is 9.59 Å². The highest BCUT2D eigenvalue weighted by molar-refractivity contribution is 8.13. The fourth-order valence-electron chi connectivity index (χ4n) is 1.09. The largest absolute Gasteiger partial charge is 0.359 e. The van der Waals surface area contributed by atoms with Gasteiger partial charge in [0.2, 0.25) is 11.0 Å². The zero-order valence-electron chi connectivity index (χ0n) is 6.42. The minimum absolute atomic E-state index is 0.0237. The summed E-state index contributed by atoms with van der Waals surface area (Å²) in [6.07, 6.45) is 1.68. The Balaban J connectivity index is 2.54. The number of carbonyl (C=O) groups excluding carboxylic acids is 2. The molecule has 0 radical (unpaired) electrons. The average Bonchev–Trinajstić information content (AvgIpc) is 2.04. The second kappa shape index (κ2) is 3.76. The molecule has 11 heavy (non-hydrogen) atoms. The molecule has 1 atom stereocenters. The van der Waals surface area contributed by atoms with Crippen molar-refractivity contribution in [2.24, 2.45) is 5.92 Å². The van der Waals surface area contributed by atoms with Crippen LogP contribution in [0.5, 0.6) is 0 Å². The quantitative estimate of drug-likeness (QED) is 0.584. The van der Waals surface area contributed by atoms with Gasteiger partial charge in [0.15, 0.2) is 0 Å². The summed E-state index contributed by atoms with van der Waals surface area (Å²) in [6, 6.07) is 0. The Labute approximate surface area is 69.9 Å². The van der Waals surface area contributed by atoms with Crippen molar-refractivity contribution in [3.8, 4) is 0 Å². The van der Waals surface area contributed by atoms with Gasteiger partial charge in [-0.05, 0) is 12.8 Å². The van der Waals surface area contributed by atoms with E-state index in [4.69, 9.17) is 0 Å². The Hall–Kier alpha value is -0.510. The zero-order valence-corrected chi connectivity index (χ0v) is 7.24. The van der Waals surface area contributed by atoms with E-state index in [0.717, 1.165) is 12.2 Å². The van der Waals surface area contributed by atoms with E-state index in [-0.39, 0.29) is 11.0 Å². The molecule has 1 aliphatic heterocycles. The third kappa shape index (κ3) is 1.96. The first-order chi connectivity index (χ1) is 5.25. The van der Waals surface area contributed by atoms with Crippen LogP contribution in [0.2, 0.25) is 0 Å². The molecule has 0 aliphatic carbocycles. The lowest BCUT2D eigenvalue weighted by atomic mass is 10.0. The number of rotatable bonds is 1. The normalized spacial score (nSPS) is 24.8. The van der Waals surface area contributed by atoms with Gasteiger partial charge in [0.25, 0.3) is 0 Å². The van der Waals surface area contributed by atoms with Gasteiger partial charge in [-0.15, -0.1) is 0 Å². The molecule has 4 heteroatoms. The molecular weight excluding hydrogens is 162 g/mol. The van der Waals surface area contributed by atoms with Crippen molar-refractivity contribution in [3.63, 3.8) is 0 Å². The summed E-state index contributed by atoms with van der Waals surface area (Å²) in [5, 5.41) is 2.52. The predicted octanol–water partition coefficient (Wildman–Crippen LogP) is 0.402. The summed E-state index contributed by atoms with van der Waals surface area (Å²) in [4.78, 5) is 22.1. The minimum Gasteiger partial charge on any atom is -0.359 e. The first-order valence-corrected chi connectivity index (χ1v) is 4.62. The molecule has 1 N–H and O–H groups in total. The zero-order chi connectivity index (χ0) is 8.27. The van der Waals surface area contributed by atoms with E-state index in [1.807, 2.05) is 0 Å². The van der Waals surface area contributed by atoms with Gasteiger partial charge in [0, 0.05) is 12.8 Å². The van der Waals surface area contributed by atoms with E-state index < -0.39 is 5.92 Å². The molecule has 0 aromatic carbocycles. The van der Waals surface area contributed by atoms with Crippen molar-refractivity contribution in [1.82, 2.24) is 5.32 Å². The summed E-state index contributed by atoms with van der Waals surface area (Å²) < 4.78 is 0. The molecule has 0 aromatic heterocycles. The van der Waals surface area contributed by atoms with Crippen LogP contribution in [0.15, 0.2) is 0 Å². The molecule has 0 spiro atoms. The van der Waals surface area contributed by atoms with E-state index >= 15 is 0 Å². The number of carbonyl (C=O) groups is 2. The van der Waals surface area contributed by atoms with Crippen LogP contribution in [-0.4, -0.2) is 23.8 Å². The molecule has 1 unspecified atom stereocenters. The molecule has 3 nitrogen and oxygen atoms in total. The second-order valence-corrected chi connectivity index (χ2v) is 3.58.